The molecule has 0 bridgehead atoms. The lowest BCUT2D eigenvalue weighted by Crippen LogP contribution is -2.25. The highest BCUT2D eigenvalue weighted by Gasteiger charge is 2.11. The van der Waals surface area contributed by atoms with Crippen LogP contribution in [0.2, 0.25) is 0 Å². The molecule has 5 nitrogen and oxygen atoms in total. The summed E-state index contributed by atoms with van der Waals surface area (Å²) in [5.41, 5.74) is 2.83. The van der Waals surface area contributed by atoms with Crippen LogP contribution in [0.5, 0.6) is 0 Å². The standard InChI is InChI=1S/C16H18N4OS/c1-3-20-15-7-5-4-6-13(15)14(19-20)9-17-16(21)8-12-10-22-11(2)18-12/h4-7,10H,3,8-9H2,1-2H3,(H,17,21). The van der Waals surface area contributed by atoms with Gasteiger partial charge in [0, 0.05) is 17.3 Å². The van der Waals surface area contributed by atoms with E-state index in [9.17, 15) is 4.79 Å². The molecule has 0 atom stereocenters. The number of thiazole rings is 1. The van der Waals surface area contributed by atoms with Crippen molar-refractivity contribution in [2.45, 2.75) is 33.4 Å². The van der Waals surface area contributed by atoms with Crippen LogP contribution >= 0.6 is 11.3 Å². The zero-order chi connectivity index (χ0) is 15.5. The Morgan fingerprint density at radius 1 is 1.36 bits per heavy atom. The highest BCUT2D eigenvalue weighted by atomic mass is 32.1. The van der Waals surface area contributed by atoms with Crippen molar-refractivity contribution in [3.8, 4) is 0 Å². The van der Waals surface area contributed by atoms with E-state index in [1.807, 2.05) is 35.2 Å². The van der Waals surface area contributed by atoms with Gasteiger partial charge >= 0.3 is 0 Å². The number of carbonyl (C=O) groups is 1. The van der Waals surface area contributed by atoms with E-state index < -0.39 is 0 Å². The van der Waals surface area contributed by atoms with Crippen LogP contribution in [-0.4, -0.2) is 20.7 Å². The smallest absolute Gasteiger partial charge is 0.226 e. The lowest BCUT2D eigenvalue weighted by molar-refractivity contribution is -0.120. The van der Waals surface area contributed by atoms with E-state index in [0.29, 0.717) is 13.0 Å². The van der Waals surface area contributed by atoms with E-state index >= 15 is 0 Å². The number of aromatic nitrogens is 3. The number of aryl methyl sites for hydroxylation is 2. The van der Waals surface area contributed by atoms with Gasteiger partial charge in [-0.1, -0.05) is 18.2 Å². The fourth-order valence-electron chi connectivity index (χ4n) is 2.47. The number of amides is 1. The molecule has 1 amide bonds. The molecule has 114 valence electrons. The molecule has 0 fully saturated rings. The average Bonchev–Trinajstić information content (AvgIpc) is 3.09. The van der Waals surface area contributed by atoms with Crippen molar-refractivity contribution < 1.29 is 4.79 Å². The van der Waals surface area contributed by atoms with Crippen molar-refractivity contribution in [1.29, 1.82) is 0 Å². The van der Waals surface area contributed by atoms with Crippen LogP contribution in [0.4, 0.5) is 0 Å². The van der Waals surface area contributed by atoms with Gasteiger partial charge in [0.05, 0.1) is 34.9 Å². The number of nitrogens with zero attached hydrogens (tertiary/aromatic N) is 3. The molecule has 22 heavy (non-hydrogen) atoms. The molecule has 0 saturated carbocycles. The van der Waals surface area contributed by atoms with E-state index in [-0.39, 0.29) is 5.91 Å². The Balaban J connectivity index is 1.70. The molecule has 0 unspecified atom stereocenters. The predicted octanol–water partition coefficient (Wildman–Crippen LogP) is 2.68. The Bertz CT molecular complexity index is 805. The summed E-state index contributed by atoms with van der Waals surface area (Å²) in [5.74, 6) is -0.0274. The highest BCUT2D eigenvalue weighted by Crippen LogP contribution is 2.18. The molecule has 0 radical (unpaired) electrons. The number of fused-ring (bicyclic) bond motifs is 1. The van der Waals surface area contributed by atoms with E-state index in [4.69, 9.17) is 0 Å². The van der Waals surface area contributed by atoms with Crippen LogP contribution in [0.1, 0.15) is 23.3 Å². The Morgan fingerprint density at radius 3 is 2.91 bits per heavy atom. The maximum absolute atomic E-state index is 12.0. The SMILES string of the molecule is CCn1nc(CNC(=O)Cc2csc(C)n2)c2ccccc21. The Morgan fingerprint density at radius 2 is 2.18 bits per heavy atom. The molecule has 2 aromatic heterocycles. The summed E-state index contributed by atoms with van der Waals surface area (Å²) in [7, 11) is 0. The number of para-hydroxylation sites is 1. The summed E-state index contributed by atoms with van der Waals surface area (Å²) < 4.78 is 1.96. The average molecular weight is 314 g/mol. The van der Waals surface area contributed by atoms with Crippen molar-refractivity contribution in [1.82, 2.24) is 20.1 Å². The topological polar surface area (TPSA) is 59.8 Å². The van der Waals surface area contributed by atoms with E-state index in [1.165, 1.54) is 0 Å². The summed E-state index contributed by atoms with van der Waals surface area (Å²) in [6, 6.07) is 8.09. The number of carbonyl (C=O) groups excluding carboxylic acids is 1. The predicted molar refractivity (Wildman–Crippen MR) is 87.8 cm³/mol. The monoisotopic (exact) mass is 314 g/mol. The van der Waals surface area contributed by atoms with Gasteiger partial charge in [-0.3, -0.25) is 9.48 Å². The first-order valence-corrected chi connectivity index (χ1v) is 8.17. The van der Waals surface area contributed by atoms with Gasteiger partial charge in [-0.15, -0.1) is 11.3 Å². The van der Waals surface area contributed by atoms with Crippen molar-refractivity contribution in [3.63, 3.8) is 0 Å². The summed E-state index contributed by atoms with van der Waals surface area (Å²) in [6.45, 7) is 5.25. The molecule has 6 heteroatoms. The summed E-state index contributed by atoms with van der Waals surface area (Å²) >= 11 is 1.56. The third kappa shape index (κ3) is 3.01. The number of rotatable bonds is 5. The zero-order valence-electron chi connectivity index (χ0n) is 12.7. The van der Waals surface area contributed by atoms with E-state index in [1.54, 1.807) is 11.3 Å². The maximum Gasteiger partial charge on any atom is 0.226 e. The lowest BCUT2D eigenvalue weighted by atomic mass is 10.2. The van der Waals surface area contributed by atoms with Gasteiger partial charge in [0.2, 0.25) is 5.91 Å². The highest BCUT2D eigenvalue weighted by molar-refractivity contribution is 7.09. The molecule has 0 aliphatic heterocycles. The van der Waals surface area contributed by atoms with Gasteiger partial charge in [0.1, 0.15) is 0 Å². The van der Waals surface area contributed by atoms with Crippen LogP contribution in [0.15, 0.2) is 29.6 Å². The fourth-order valence-corrected chi connectivity index (χ4v) is 3.08. The second kappa shape index (κ2) is 6.27. The van der Waals surface area contributed by atoms with Gasteiger partial charge < -0.3 is 5.32 Å². The maximum atomic E-state index is 12.0. The third-order valence-corrected chi connectivity index (χ3v) is 4.32. The number of hydrogen-bond donors (Lipinski definition) is 1. The molecular formula is C16H18N4OS. The quantitative estimate of drug-likeness (QED) is 0.787. The minimum atomic E-state index is -0.0274. The normalized spacial score (nSPS) is 11.0. The molecule has 0 aliphatic rings. The molecule has 0 saturated heterocycles. The van der Waals surface area contributed by atoms with Crippen LogP contribution in [-0.2, 0) is 24.3 Å². The Labute approximate surface area is 133 Å². The molecule has 0 spiro atoms. The van der Waals surface area contributed by atoms with Gasteiger partial charge in [-0.05, 0) is 19.9 Å². The van der Waals surface area contributed by atoms with Crippen LogP contribution in [0.25, 0.3) is 10.9 Å². The van der Waals surface area contributed by atoms with Crippen molar-refractivity contribution in [2.24, 2.45) is 0 Å². The summed E-state index contributed by atoms with van der Waals surface area (Å²) in [4.78, 5) is 16.3. The first kappa shape index (κ1) is 14.7. The third-order valence-electron chi connectivity index (χ3n) is 3.50. The van der Waals surface area contributed by atoms with Gasteiger partial charge in [0.15, 0.2) is 0 Å². The molecule has 1 N–H and O–H groups in total. The van der Waals surface area contributed by atoms with Gasteiger partial charge in [-0.25, -0.2) is 4.98 Å². The van der Waals surface area contributed by atoms with Gasteiger partial charge in [0.25, 0.3) is 0 Å². The molecule has 1 aromatic carbocycles. The fraction of sp³-hybridized carbons (Fsp3) is 0.312. The second-order valence-electron chi connectivity index (χ2n) is 5.09. The molecule has 3 aromatic rings. The Hall–Kier alpha value is -2.21. The first-order chi connectivity index (χ1) is 10.7. The lowest BCUT2D eigenvalue weighted by Gasteiger charge is -2.02. The first-order valence-electron chi connectivity index (χ1n) is 7.29. The van der Waals surface area contributed by atoms with Crippen molar-refractivity contribution in [2.75, 3.05) is 0 Å². The van der Waals surface area contributed by atoms with Crippen molar-refractivity contribution in [3.05, 3.63) is 46.0 Å². The molecule has 2 heterocycles. The zero-order valence-corrected chi connectivity index (χ0v) is 13.5. The van der Waals surface area contributed by atoms with Crippen LogP contribution in [0.3, 0.4) is 0 Å². The number of benzene rings is 1. The van der Waals surface area contributed by atoms with Crippen molar-refractivity contribution >= 4 is 28.1 Å². The molecular weight excluding hydrogens is 296 g/mol. The number of hydrogen-bond acceptors (Lipinski definition) is 4. The molecule has 3 rings (SSSR count). The second-order valence-corrected chi connectivity index (χ2v) is 6.15. The molecule has 0 aliphatic carbocycles. The summed E-state index contributed by atoms with van der Waals surface area (Å²) in [6.07, 6.45) is 0.316. The largest absolute Gasteiger partial charge is 0.350 e. The van der Waals surface area contributed by atoms with Gasteiger partial charge in [-0.2, -0.15) is 5.10 Å². The van der Waals surface area contributed by atoms with Crippen LogP contribution in [0, 0.1) is 6.92 Å². The summed E-state index contributed by atoms with van der Waals surface area (Å²) in [5, 5.41) is 11.5. The number of nitrogens with one attached hydrogen (secondary N) is 1. The van der Waals surface area contributed by atoms with E-state index in [2.05, 4.69) is 28.4 Å². The minimum absolute atomic E-state index is 0.0274. The van der Waals surface area contributed by atoms with E-state index in [0.717, 1.165) is 33.8 Å². The minimum Gasteiger partial charge on any atom is -0.350 e. The van der Waals surface area contributed by atoms with Crippen LogP contribution < -0.4 is 5.32 Å². The Kier molecular flexibility index (Phi) is 4.20.